The number of H-pyrrole nitrogens is 1. The van der Waals surface area contributed by atoms with Crippen molar-refractivity contribution in [3.8, 4) is 11.3 Å². The molecule has 0 aliphatic carbocycles. The average molecular weight is 303 g/mol. The molecule has 0 radical (unpaired) electrons. The smallest absolute Gasteiger partial charge is 0.148 e. The number of aromatic amines is 1. The number of halogens is 2. The third-order valence-electron chi connectivity index (χ3n) is 2.94. The van der Waals surface area contributed by atoms with E-state index in [4.69, 9.17) is 23.2 Å². The molecule has 2 aromatic rings. The van der Waals surface area contributed by atoms with Crippen molar-refractivity contribution in [1.82, 2.24) is 15.5 Å². The van der Waals surface area contributed by atoms with Gasteiger partial charge in [0.25, 0.3) is 0 Å². The molecule has 0 amide bonds. The molecule has 1 fully saturated rings. The zero-order valence-electron chi connectivity index (χ0n) is 9.46. The number of nitrogens with zero attached hydrogens (tertiary/aromatic N) is 1. The summed E-state index contributed by atoms with van der Waals surface area (Å²) in [4.78, 5) is 0. The van der Waals surface area contributed by atoms with Crippen LogP contribution in [0.5, 0.6) is 0 Å². The summed E-state index contributed by atoms with van der Waals surface area (Å²) in [6.45, 7) is 2.04. The topological polar surface area (TPSA) is 52.7 Å². The van der Waals surface area contributed by atoms with Crippen LogP contribution in [0.3, 0.4) is 0 Å². The first-order valence-corrected chi connectivity index (χ1v) is 7.27. The summed E-state index contributed by atoms with van der Waals surface area (Å²) in [5, 5.41) is 13.9. The number of thiophene rings is 1. The van der Waals surface area contributed by atoms with Gasteiger partial charge in [-0.25, -0.2) is 0 Å². The van der Waals surface area contributed by atoms with Gasteiger partial charge in [-0.2, -0.15) is 5.10 Å². The molecule has 7 heteroatoms. The number of anilines is 1. The number of nitrogens with one attached hydrogen (secondary N) is 3. The molecule has 0 aromatic carbocycles. The average Bonchev–Trinajstić information content (AvgIpc) is 3.01. The minimum Gasteiger partial charge on any atom is -0.365 e. The minimum absolute atomic E-state index is 0.447. The monoisotopic (exact) mass is 302 g/mol. The lowest BCUT2D eigenvalue weighted by atomic mass is 10.2. The van der Waals surface area contributed by atoms with Crippen molar-refractivity contribution in [3.63, 3.8) is 0 Å². The Morgan fingerprint density at radius 2 is 2.28 bits per heavy atom. The molecule has 0 spiro atoms. The van der Waals surface area contributed by atoms with Crippen molar-refractivity contribution < 1.29 is 0 Å². The van der Waals surface area contributed by atoms with E-state index in [0.29, 0.717) is 14.7 Å². The summed E-state index contributed by atoms with van der Waals surface area (Å²) < 4.78 is 1.36. The van der Waals surface area contributed by atoms with Gasteiger partial charge in [-0.05, 0) is 19.0 Å². The summed E-state index contributed by atoms with van der Waals surface area (Å²) >= 11 is 13.4. The van der Waals surface area contributed by atoms with Gasteiger partial charge in [0.05, 0.1) is 10.0 Å². The minimum atomic E-state index is 0.447. The summed E-state index contributed by atoms with van der Waals surface area (Å²) in [6, 6.07) is 4.26. The largest absolute Gasteiger partial charge is 0.365 e. The fourth-order valence-electron chi connectivity index (χ4n) is 2.04. The predicted molar refractivity (Wildman–Crippen MR) is 76.8 cm³/mol. The molecule has 0 saturated carbocycles. The molecule has 1 aliphatic heterocycles. The van der Waals surface area contributed by atoms with Gasteiger partial charge in [-0.3, -0.25) is 5.10 Å². The summed E-state index contributed by atoms with van der Waals surface area (Å²) in [6.07, 6.45) is 1.12. The number of hydrogen-bond acceptors (Lipinski definition) is 4. The lowest BCUT2D eigenvalue weighted by molar-refractivity contribution is 0.786. The third-order valence-corrected chi connectivity index (χ3v) is 4.42. The molecular formula is C11H12Cl2N4S. The number of hydrogen-bond donors (Lipinski definition) is 3. The first kappa shape index (κ1) is 12.3. The fourth-order valence-corrected chi connectivity index (χ4v) is 3.54. The zero-order chi connectivity index (χ0) is 12.5. The molecule has 1 unspecified atom stereocenters. The van der Waals surface area contributed by atoms with E-state index >= 15 is 0 Å². The van der Waals surface area contributed by atoms with Crippen LogP contribution in [0.2, 0.25) is 8.67 Å². The maximum Gasteiger partial charge on any atom is 0.148 e. The van der Waals surface area contributed by atoms with Crippen LogP contribution in [-0.4, -0.2) is 29.3 Å². The van der Waals surface area contributed by atoms with Crippen molar-refractivity contribution in [1.29, 1.82) is 0 Å². The Hall–Kier alpha value is -0.750. The molecule has 1 atom stereocenters. The predicted octanol–water partition coefficient (Wildman–Crippen LogP) is 3.22. The Bertz CT molecular complexity index is 545. The Morgan fingerprint density at radius 3 is 2.94 bits per heavy atom. The molecule has 3 heterocycles. The van der Waals surface area contributed by atoms with Crippen LogP contribution in [0.15, 0.2) is 12.1 Å². The van der Waals surface area contributed by atoms with Crippen molar-refractivity contribution in [3.05, 3.63) is 20.8 Å². The van der Waals surface area contributed by atoms with E-state index in [-0.39, 0.29) is 0 Å². The van der Waals surface area contributed by atoms with Gasteiger partial charge in [0.2, 0.25) is 0 Å². The highest BCUT2D eigenvalue weighted by molar-refractivity contribution is 7.20. The molecule has 3 N–H and O–H groups in total. The lowest BCUT2D eigenvalue weighted by Crippen LogP contribution is -2.22. The van der Waals surface area contributed by atoms with Gasteiger partial charge in [0.15, 0.2) is 0 Å². The van der Waals surface area contributed by atoms with Gasteiger partial charge < -0.3 is 10.6 Å². The van der Waals surface area contributed by atoms with Gasteiger partial charge in [0.1, 0.15) is 10.2 Å². The second-order valence-electron chi connectivity index (χ2n) is 4.24. The van der Waals surface area contributed by atoms with Crippen molar-refractivity contribution in [2.75, 3.05) is 18.4 Å². The summed E-state index contributed by atoms with van der Waals surface area (Å²) in [5.74, 6) is 0.845. The van der Waals surface area contributed by atoms with Crippen LogP contribution in [0.1, 0.15) is 6.42 Å². The van der Waals surface area contributed by atoms with Crippen LogP contribution < -0.4 is 10.6 Å². The molecule has 96 valence electrons. The van der Waals surface area contributed by atoms with E-state index in [1.165, 1.54) is 11.3 Å². The molecule has 2 aromatic heterocycles. The van der Waals surface area contributed by atoms with Gasteiger partial charge >= 0.3 is 0 Å². The molecule has 0 bridgehead atoms. The Kier molecular flexibility index (Phi) is 3.48. The molecule has 4 nitrogen and oxygen atoms in total. The second kappa shape index (κ2) is 5.09. The highest BCUT2D eigenvalue weighted by Gasteiger charge is 2.16. The van der Waals surface area contributed by atoms with E-state index in [9.17, 15) is 0 Å². The quantitative estimate of drug-likeness (QED) is 0.816. The second-order valence-corrected chi connectivity index (χ2v) is 6.52. The Labute approximate surface area is 119 Å². The van der Waals surface area contributed by atoms with E-state index in [1.54, 1.807) is 0 Å². The molecule has 3 rings (SSSR count). The summed E-state index contributed by atoms with van der Waals surface area (Å²) in [7, 11) is 0. The van der Waals surface area contributed by atoms with Crippen LogP contribution in [0.4, 0.5) is 5.82 Å². The first-order valence-electron chi connectivity index (χ1n) is 5.70. The highest BCUT2D eigenvalue weighted by atomic mass is 35.5. The van der Waals surface area contributed by atoms with E-state index in [0.717, 1.165) is 36.6 Å². The lowest BCUT2D eigenvalue weighted by Gasteiger charge is -2.08. The van der Waals surface area contributed by atoms with Crippen LogP contribution in [-0.2, 0) is 0 Å². The summed E-state index contributed by atoms with van der Waals surface area (Å²) in [5.41, 5.74) is 1.79. The Morgan fingerprint density at radius 1 is 1.39 bits per heavy atom. The van der Waals surface area contributed by atoms with Crippen molar-refractivity contribution >= 4 is 40.4 Å². The maximum absolute atomic E-state index is 6.12. The zero-order valence-corrected chi connectivity index (χ0v) is 11.8. The van der Waals surface area contributed by atoms with Gasteiger partial charge in [0, 0.05) is 24.2 Å². The first-order chi connectivity index (χ1) is 8.72. The van der Waals surface area contributed by atoms with E-state index in [1.807, 2.05) is 12.1 Å². The normalized spacial score (nSPS) is 19.3. The standard InChI is InChI=1S/C11H12Cl2N4S/c12-9-3-7(11(13)18-9)8-4-10(17-16-8)15-6-1-2-14-5-6/h3-4,6,14H,1-2,5H2,(H2,15,16,17). The maximum atomic E-state index is 6.12. The number of aromatic nitrogens is 2. The van der Waals surface area contributed by atoms with Gasteiger partial charge in [-0.15, -0.1) is 11.3 Å². The van der Waals surface area contributed by atoms with Crippen molar-refractivity contribution in [2.45, 2.75) is 12.5 Å². The fraction of sp³-hybridized carbons (Fsp3) is 0.364. The van der Waals surface area contributed by atoms with Crippen LogP contribution in [0.25, 0.3) is 11.3 Å². The van der Waals surface area contributed by atoms with Crippen LogP contribution in [0, 0.1) is 0 Å². The molecule has 18 heavy (non-hydrogen) atoms. The van der Waals surface area contributed by atoms with E-state index in [2.05, 4.69) is 20.8 Å². The third kappa shape index (κ3) is 2.49. The SMILES string of the molecule is Clc1cc(-c2cc(NC3CCNC3)n[nH]2)c(Cl)s1. The molecule has 1 saturated heterocycles. The van der Waals surface area contributed by atoms with Crippen LogP contribution >= 0.6 is 34.5 Å². The molecule has 1 aliphatic rings. The van der Waals surface area contributed by atoms with E-state index < -0.39 is 0 Å². The highest BCUT2D eigenvalue weighted by Crippen LogP contribution is 2.37. The van der Waals surface area contributed by atoms with Crippen molar-refractivity contribution in [2.24, 2.45) is 0 Å². The molecular weight excluding hydrogens is 291 g/mol. The Balaban J connectivity index is 1.78. The number of rotatable bonds is 3. The van der Waals surface area contributed by atoms with Gasteiger partial charge in [-0.1, -0.05) is 23.2 Å².